The lowest BCUT2D eigenvalue weighted by molar-refractivity contribution is -0.121. The molecule has 2 aliphatic heterocycles. The first kappa shape index (κ1) is 13.7. The standard InChI is InChI=1S/C16H12N4O3/c17-8-9-3-4-11(10-2-1-6-18-13(9)10)20-15(22)14-12(21)5-7-19(14)16(20)23/h1-4,6,12,14,21H,5,7H2. The molecule has 0 radical (unpaired) electrons. The summed E-state index contributed by atoms with van der Waals surface area (Å²) in [6.07, 6.45) is 1.13. The minimum atomic E-state index is -0.834. The number of hydrogen-bond donors (Lipinski definition) is 1. The number of nitrogens with zero attached hydrogens (tertiary/aromatic N) is 4. The zero-order chi connectivity index (χ0) is 16.1. The topological polar surface area (TPSA) is 97.5 Å². The molecule has 114 valence electrons. The number of aliphatic hydroxyl groups is 1. The Labute approximate surface area is 131 Å². The van der Waals surface area contributed by atoms with Gasteiger partial charge in [-0.3, -0.25) is 9.78 Å². The fraction of sp³-hybridized carbons (Fsp3) is 0.250. The summed E-state index contributed by atoms with van der Waals surface area (Å²) >= 11 is 0. The van der Waals surface area contributed by atoms with E-state index in [1.165, 1.54) is 4.90 Å². The Hall–Kier alpha value is -2.98. The summed E-state index contributed by atoms with van der Waals surface area (Å²) in [4.78, 5) is 31.9. The molecule has 2 aromatic rings. The summed E-state index contributed by atoms with van der Waals surface area (Å²) in [7, 11) is 0. The summed E-state index contributed by atoms with van der Waals surface area (Å²) in [5.41, 5.74) is 1.22. The molecular formula is C16H12N4O3. The van der Waals surface area contributed by atoms with Gasteiger partial charge < -0.3 is 10.0 Å². The molecular weight excluding hydrogens is 296 g/mol. The largest absolute Gasteiger partial charge is 0.390 e. The van der Waals surface area contributed by atoms with E-state index in [1.54, 1.807) is 30.5 Å². The van der Waals surface area contributed by atoms with Crippen LogP contribution in [-0.4, -0.2) is 45.6 Å². The fourth-order valence-electron chi connectivity index (χ4n) is 3.31. The molecule has 23 heavy (non-hydrogen) atoms. The minimum absolute atomic E-state index is 0.360. The molecule has 0 aliphatic carbocycles. The smallest absolute Gasteiger partial charge is 0.332 e. The van der Waals surface area contributed by atoms with Crippen LogP contribution in [0.3, 0.4) is 0 Å². The number of anilines is 1. The van der Waals surface area contributed by atoms with E-state index in [2.05, 4.69) is 11.1 Å². The van der Waals surface area contributed by atoms with Crippen molar-refractivity contribution < 1.29 is 14.7 Å². The first-order valence-corrected chi connectivity index (χ1v) is 7.24. The number of aliphatic hydroxyl groups excluding tert-OH is 1. The lowest BCUT2D eigenvalue weighted by Crippen LogP contribution is -2.36. The Bertz CT molecular complexity index is 889. The van der Waals surface area contributed by atoms with Gasteiger partial charge in [-0.05, 0) is 30.7 Å². The predicted octanol–water partition coefficient (Wildman–Crippen LogP) is 1.01. The molecule has 7 nitrogen and oxygen atoms in total. The van der Waals surface area contributed by atoms with Crippen molar-refractivity contribution in [2.24, 2.45) is 0 Å². The number of pyridine rings is 1. The van der Waals surface area contributed by atoms with E-state index in [0.717, 1.165) is 4.90 Å². The molecule has 0 saturated carbocycles. The number of nitriles is 1. The highest BCUT2D eigenvalue weighted by Crippen LogP contribution is 2.35. The van der Waals surface area contributed by atoms with Gasteiger partial charge in [0.1, 0.15) is 12.1 Å². The Morgan fingerprint density at radius 2 is 2.13 bits per heavy atom. The molecule has 1 N–H and O–H groups in total. The van der Waals surface area contributed by atoms with Gasteiger partial charge >= 0.3 is 6.03 Å². The van der Waals surface area contributed by atoms with E-state index in [-0.39, 0.29) is 0 Å². The average molecular weight is 308 g/mol. The third kappa shape index (κ3) is 1.76. The molecule has 1 aromatic heterocycles. The Kier molecular flexibility index (Phi) is 2.83. The molecule has 0 bridgehead atoms. The highest BCUT2D eigenvalue weighted by Gasteiger charge is 2.52. The lowest BCUT2D eigenvalue weighted by atomic mass is 10.1. The Morgan fingerprint density at radius 1 is 1.30 bits per heavy atom. The van der Waals surface area contributed by atoms with Crippen molar-refractivity contribution in [3.63, 3.8) is 0 Å². The van der Waals surface area contributed by atoms with Crippen molar-refractivity contribution in [3.05, 3.63) is 36.0 Å². The van der Waals surface area contributed by atoms with E-state index in [9.17, 15) is 20.0 Å². The zero-order valence-corrected chi connectivity index (χ0v) is 12.0. The quantitative estimate of drug-likeness (QED) is 0.793. The van der Waals surface area contributed by atoms with Crippen LogP contribution in [0.5, 0.6) is 0 Å². The van der Waals surface area contributed by atoms with E-state index in [4.69, 9.17) is 0 Å². The number of carbonyl (C=O) groups excluding carboxylic acids is 2. The van der Waals surface area contributed by atoms with E-state index >= 15 is 0 Å². The molecule has 4 rings (SSSR count). The summed E-state index contributed by atoms with van der Waals surface area (Å²) in [6.45, 7) is 0.360. The third-order valence-electron chi connectivity index (χ3n) is 4.38. The lowest BCUT2D eigenvalue weighted by Gasteiger charge is -2.17. The number of rotatable bonds is 1. The number of aromatic nitrogens is 1. The normalized spacial score (nSPS) is 23.5. The van der Waals surface area contributed by atoms with Crippen molar-refractivity contribution in [2.45, 2.75) is 18.6 Å². The van der Waals surface area contributed by atoms with Crippen LogP contribution in [0.4, 0.5) is 10.5 Å². The van der Waals surface area contributed by atoms with Gasteiger partial charge in [0.15, 0.2) is 0 Å². The van der Waals surface area contributed by atoms with Gasteiger partial charge in [0.2, 0.25) is 0 Å². The van der Waals surface area contributed by atoms with Crippen LogP contribution in [-0.2, 0) is 4.79 Å². The number of urea groups is 1. The number of fused-ring (bicyclic) bond motifs is 2. The van der Waals surface area contributed by atoms with Gasteiger partial charge in [0.25, 0.3) is 5.91 Å². The van der Waals surface area contributed by atoms with Crippen LogP contribution in [0, 0.1) is 11.3 Å². The Balaban J connectivity index is 1.89. The second-order valence-corrected chi connectivity index (χ2v) is 5.59. The molecule has 2 fully saturated rings. The molecule has 7 heteroatoms. The zero-order valence-electron chi connectivity index (χ0n) is 12.0. The van der Waals surface area contributed by atoms with Crippen LogP contribution < -0.4 is 4.90 Å². The predicted molar refractivity (Wildman–Crippen MR) is 80.5 cm³/mol. The maximum atomic E-state index is 12.6. The second kappa shape index (κ2) is 4.76. The van der Waals surface area contributed by atoms with E-state index in [1.807, 2.05) is 0 Å². The van der Waals surface area contributed by atoms with Gasteiger partial charge in [0.05, 0.1) is 22.9 Å². The van der Waals surface area contributed by atoms with Gasteiger partial charge in [0, 0.05) is 18.1 Å². The van der Waals surface area contributed by atoms with Crippen LogP contribution >= 0.6 is 0 Å². The van der Waals surface area contributed by atoms with Gasteiger partial charge in [-0.1, -0.05) is 0 Å². The van der Waals surface area contributed by atoms with Crippen LogP contribution in [0.15, 0.2) is 30.5 Å². The number of carbonyl (C=O) groups is 2. The number of imide groups is 1. The maximum Gasteiger partial charge on any atom is 0.332 e. The summed E-state index contributed by atoms with van der Waals surface area (Å²) in [6, 6.07) is 7.34. The average Bonchev–Trinajstić information content (AvgIpc) is 3.07. The van der Waals surface area contributed by atoms with Crippen molar-refractivity contribution in [3.8, 4) is 6.07 Å². The van der Waals surface area contributed by atoms with E-state index in [0.29, 0.717) is 35.1 Å². The second-order valence-electron chi connectivity index (χ2n) is 5.59. The van der Waals surface area contributed by atoms with Gasteiger partial charge in [-0.15, -0.1) is 0 Å². The molecule has 2 atom stereocenters. The van der Waals surface area contributed by atoms with Crippen LogP contribution in [0.2, 0.25) is 0 Å². The molecule has 3 amide bonds. The van der Waals surface area contributed by atoms with Gasteiger partial charge in [-0.25, -0.2) is 9.69 Å². The summed E-state index contributed by atoms with van der Waals surface area (Å²) < 4.78 is 0. The number of benzene rings is 1. The molecule has 0 spiro atoms. The molecule has 3 heterocycles. The van der Waals surface area contributed by atoms with Crippen LogP contribution in [0.25, 0.3) is 10.9 Å². The van der Waals surface area contributed by atoms with Crippen molar-refractivity contribution >= 4 is 28.5 Å². The first-order valence-electron chi connectivity index (χ1n) is 7.24. The van der Waals surface area contributed by atoms with Crippen LogP contribution in [0.1, 0.15) is 12.0 Å². The molecule has 1 aromatic carbocycles. The third-order valence-corrected chi connectivity index (χ3v) is 4.38. The van der Waals surface area contributed by atoms with Crippen molar-refractivity contribution in [1.82, 2.24) is 9.88 Å². The number of amides is 3. The first-order chi connectivity index (χ1) is 11.1. The highest BCUT2D eigenvalue weighted by molar-refractivity contribution is 6.24. The fourth-order valence-corrected chi connectivity index (χ4v) is 3.31. The molecule has 2 aliphatic rings. The minimum Gasteiger partial charge on any atom is -0.390 e. The summed E-state index contributed by atoms with van der Waals surface area (Å²) in [5, 5.41) is 19.7. The molecule has 2 unspecified atom stereocenters. The SMILES string of the molecule is N#Cc1ccc(N2C(=O)C3C(O)CCN3C2=O)c2cccnc12. The summed E-state index contributed by atoms with van der Waals surface area (Å²) in [5.74, 6) is -0.435. The monoisotopic (exact) mass is 308 g/mol. The van der Waals surface area contributed by atoms with Gasteiger partial charge in [-0.2, -0.15) is 5.26 Å². The van der Waals surface area contributed by atoms with E-state index < -0.39 is 24.1 Å². The van der Waals surface area contributed by atoms with Crippen molar-refractivity contribution in [1.29, 1.82) is 5.26 Å². The molecule has 2 saturated heterocycles. The Morgan fingerprint density at radius 3 is 2.87 bits per heavy atom. The highest BCUT2D eigenvalue weighted by atomic mass is 16.3. The number of hydrogen-bond acceptors (Lipinski definition) is 5. The van der Waals surface area contributed by atoms with Crippen molar-refractivity contribution in [2.75, 3.05) is 11.4 Å². The maximum absolute atomic E-state index is 12.6.